The summed E-state index contributed by atoms with van der Waals surface area (Å²) in [6.07, 6.45) is 2.37. The number of aryl methyl sites for hydroxylation is 1. The fourth-order valence-corrected chi connectivity index (χ4v) is 4.39. The monoisotopic (exact) mass is 497 g/mol. The second kappa shape index (κ2) is 9.67. The predicted molar refractivity (Wildman–Crippen MR) is 140 cm³/mol. The number of fused-ring (bicyclic) bond motifs is 2. The minimum absolute atomic E-state index is 0.0616. The molecule has 3 aromatic carbocycles. The van der Waals surface area contributed by atoms with Crippen molar-refractivity contribution in [2.24, 2.45) is 5.73 Å². The molecule has 0 saturated carbocycles. The quantitative estimate of drug-likeness (QED) is 0.266. The van der Waals surface area contributed by atoms with Crippen molar-refractivity contribution in [3.63, 3.8) is 0 Å². The molecule has 5 rings (SSSR count). The van der Waals surface area contributed by atoms with E-state index < -0.39 is 16.5 Å². The minimum atomic E-state index is -0.660. The second-order valence-electron chi connectivity index (χ2n) is 8.55. The number of nitro benzene ring substituents is 1. The van der Waals surface area contributed by atoms with Crippen molar-refractivity contribution in [3.05, 3.63) is 93.4 Å². The highest BCUT2D eigenvalue weighted by Crippen LogP contribution is 2.32. The molecule has 0 unspecified atom stereocenters. The zero-order valence-corrected chi connectivity index (χ0v) is 20.0. The van der Waals surface area contributed by atoms with Gasteiger partial charge in [0.15, 0.2) is 0 Å². The lowest BCUT2D eigenvalue weighted by Crippen LogP contribution is -2.31. The molecule has 0 aliphatic carbocycles. The van der Waals surface area contributed by atoms with E-state index in [0.717, 1.165) is 15.9 Å². The van der Waals surface area contributed by atoms with Crippen LogP contribution < -0.4 is 16.1 Å². The average Bonchev–Trinajstić information content (AvgIpc) is 3.26. The van der Waals surface area contributed by atoms with Crippen LogP contribution in [0.5, 0.6) is 0 Å². The van der Waals surface area contributed by atoms with Gasteiger partial charge in [-0.15, -0.1) is 4.73 Å². The first-order chi connectivity index (χ1) is 17.9. The van der Waals surface area contributed by atoms with E-state index in [4.69, 9.17) is 10.6 Å². The van der Waals surface area contributed by atoms with Gasteiger partial charge in [0.1, 0.15) is 11.2 Å². The molecule has 0 saturated heterocycles. The fraction of sp³-hybridized carbons (Fsp3) is 0.148. The standard InChI is InChI=1S/C27H23N5O5/c1-17(33)37-31-25-14-19(18-6-3-2-4-7-18)8-11-23(25)29-26(27(31)34)22-16-30(13-5-12-28)24-15-20(32(35)36)9-10-21(22)24/h2-4,6-11,14-16H,5,12-13,28H2,1H3. The van der Waals surface area contributed by atoms with Crippen molar-refractivity contribution in [2.75, 3.05) is 6.54 Å². The van der Waals surface area contributed by atoms with Crippen molar-refractivity contribution in [1.29, 1.82) is 0 Å². The fourth-order valence-electron chi connectivity index (χ4n) is 4.39. The van der Waals surface area contributed by atoms with Crippen molar-refractivity contribution in [2.45, 2.75) is 19.9 Å². The summed E-state index contributed by atoms with van der Waals surface area (Å²) in [5.41, 5.74) is 8.66. The third-order valence-electron chi connectivity index (χ3n) is 6.08. The Kier molecular flexibility index (Phi) is 6.24. The molecule has 5 aromatic rings. The molecule has 0 spiro atoms. The highest BCUT2D eigenvalue weighted by Gasteiger charge is 2.21. The summed E-state index contributed by atoms with van der Waals surface area (Å²) in [5, 5.41) is 12.0. The van der Waals surface area contributed by atoms with E-state index in [1.807, 2.05) is 41.0 Å². The Morgan fingerprint density at radius 2 is 1.84 bits per heavy atom. The third-order valence-corrected chi connectivity index (χ3v) is 6.08. The number of carbonyl (C=O) groups excluding carboxylic acids is 1. The van der Waals surface area contributed by atoms with Crippen LogP contribution in [-0.4, -0.2) is 31.7 Å². The third kappa shape index (κ3) is 4.45. The van der Waals surface area contributed by atoms with Gasteiger partial charge in [-0.05, 0) is 42.3 Å². The molecule has 10 heteroatoms. The number of rotatable bonds is 7. The SMILES string of the molecule is CC(=O)On1c(=O)c(-c2cn(CCCN)c3cc([N+](=O)[O-])ccc23)nc2ccc(-c3ccccc3)cc21. The average molecular weight is 498 g/mol. The second-order valence-corrected chi connectivity index (χ2v) is 8.55. The van der Waals surface area contributed by atoms with Crippen LogP contribution in [0.3, 0.4) is 0 Å². The molecule has 2 heterocycles. The molecular weight excluding hydrogens is 474 g/mol. The molecule has 0 fully saturated rings. The summed E-state index contributed by atoms with van der Waals surface area (Å²) in [4.78, 5) is 46.6. The van der Waals surface area contributed by atoms with Crippen molar-refractivity contribution in [3.8, 4) is 22.4 Å². The highest BCUT2D eigenvalue weighted by atomic mass is 16.7. The summed E-state index contributed by atoms with van der Waals surface area (Å²) in [6, 6.07) is 19.4. The number of nitrogens with two attached hydrogens (primary N) is 1. The Labute approximate surface area is 210 Å². The van der Waals surface area contributed by atoms with E-state index in [-0.39, 0.29) is 11.4 Å². The summed E-state index contributed by atoms with van der Waals surface area (Å²) in [5.74, 6) is -0.660. The molecule has 2 N–H and O–H groups in total. The van der Waals surface area contributed by atoms with Crippen LogP contribution in [0.15, 0.2) is 77.7 Å². The Balaban J connectivity index is 1.76. The van der Waals surface area contributed by atoms with E-state index >= 15 is 0 Å². The van der Waals surface area contributed by atoms with Gasteiger partial charge in [0.25, 0.3) is 5.69 Å². The molecule has 0 aliphatic rings. The van der Waals surface area contributed by atoms with Gasteiger partial charge in [0.05, 0.1) is 16.0 Å². The van der Waals surface area contributed by atoms with Crippen LogP contribution in [0.4, 0.5) is 5.69 Å². The van der Waals surface area contributed by atoms with Crippen LogP contribution in [0.1, 0.15) is 13.3 Å². The molecule has 0 bridgehead atoms. The van der Waals surface area contributed by atoms with Gasteiger partial charge < -0.3 is 15.1 Å². The summed E-state index contributed by atoms with van der Waals surface area (Å²) in [7, 11) is 0. The number of aromatic nitrogens is 3. The lowest BCUT2D eigenvalue weighted by Gasteiger charge is -2.12. The maximum Gasteiger partial charge on any atom is 0.330 e. The largest absolute Gasteiger partial charge is 0.347 e. The van der Waals surface area contributed by atoms with E-state index in [1.165, 1.54) is 19.1 Å². The van der Waals surface area contributed by atoms with Gasteiger partial charge in [-0.3, -0.25) is 14.9 Å². The lowest BCUT2D eigenvalue weighted by atomic mass is 10.0. The van der Waals surface area contributed by atoms with E-state index in [9.17, 15) is 19.7 Å². The summed E-state index contributed by atoms with van der Waals surface area (Å²) >= 11 is 0. The van der Waals surface area contributed by atoms with Crippen LogP contribution in [-0.2, 0) is 11.3 Å². The van der Waals surface area contributed by atoms with Crippen molar-refractivity contribution < 1.29 is 14.6 Å². The number of nitrogens with zero attached hydrogens (tertiary/aromatic N) is 4. The van der Waals surface area contributed by atoms with Crippen LogP contribution in [0, 0.1) is 10.1 Å². The number of nitro groups is 1. The molecule has 2 aromatic heterocycles. The summed E-state index contributed by atoms with van der Waals surface area (Å²) < 4.78 is 2.78. The van der Waals surface area contributed by atoms with E-state index in [2.05, 4.69) is 4.98 Å². The number of benzene rings is 3. The molecule has 10 nitrogen and oxygen atoms in total. The Morgan fingerprint density at radius 1 is 1.05 bits per heavy atom. The smallest absolute Gasteiger partial charge is 0.330 e. The summed E-state index contributed by atoms with van der Waals surface area (Å²) in [6.45, 7) is 2.15. The maximum atomic E-state index is 13.7. The Morgan fingerprint density at radius 3 is 2.54 bits per heavy atom. The highest BCUT2D eigenvalue weighted by molar-refractivity contribution is 5.97. The number of hydrogen-bond acceptors (Lipinski definition) is 7. The Bertz CT molecular complexity index is 1720. The first-order valence-corrected chi connectivity index (χ1v) is 11.7. The molecular formula is C27H23N5O5. The topological polar surface area (TPSA) is 135 Å². The van der Waals surface area contributed by atoms with Gasteiger partial charge in [-0.1, -0.05) is 36.4 Å². The Hall–Kier alpha value is -4.83. The number of non-ortho nitro benzene ring substituents is 1. The van der Waals surface area contributed by atoms with Crippen LogP contribution in [0.25, 0.3) is 44.3 Å². The predicted octanol–water partition coefficient (Wildman–Crippen LogP) is 3.92. The van der Waals surface area contributed by atoms with E-state index in [0.29, 0.717) is 47.0 Å². The van der Waals surface area contributed by atoms with E-state index in [1.54, 1.807) is 24.4 Å². The lowest BCUT2D eigenvalue weighted by molar-refractivity contribution is -0.384. The van der Waals surface area contributed by atoms with Crippen molar-refractivity contribution >= 4 is 33.6 Å². The zero-order valence-electron chi connectivity index (χ0n) is 20.0. The molecule has 0 radical (unpaired) electrons. The number of hydrogen-bond donors (Lipinski definition) is 1. The van der Waals surface area contributed by atoms with Gasteiger partial charge in [0.2, 0.25) is 0 Å². The van der Waals surface area contributed by atoms with Crippen LogP contribution >= 0.6 is 0 Å². The van der Waals surface area contributed by atoms with Gasteiger partial charge in [-0.2, -0.15) is 0 Å². The first-order valence-electron chi connectivity index (χ1n) is 11.7. The molecule has 0 amide bonds. The molecule has 186 valence electrons. The zero-order chi connectivity index (χ0) is 26.1. The molecule has 0 atom stereocenters. The van der Waals surface area contributed by atoms with Crippen LogP contribution in [0.2, 0.25) is 0 Å². The first kappa shape index (κ1) is 23.9. The normalized spacial score (nSPS) is 11.2. The van der Waals surface area contributed by atoms with Gasteiger partial charge in [0, 0.05) is 42.7 Å². The number of carbonyl (C=O) groups is 1. The maximum absolute atomic E-state index is 13.7. The van der Waals surface area contributed by atoms with Gasteiger partial charge in [-0.25, -0.2) is 9.78 Å². The van der Waals surface area contributed by atoms with Crippen molar-refractivity contribution in [1.82, 2.24) is 14.3 Å². The molecule has 37 heavy (non-hydrogen) atoms. The minimum Gasteiger partial charge on any atom is -0.347 e. The molecule has 0 aliphatic heterocycles. The van der Waals surface area contributed by atoms with Gasteiger partial charge >= 0.3 is 11.5 Å².